The summed E-state index contributed by atoms with van der Waals surface area (Å²) < 4.78 is 0. The van der Waals surface area contributed by atoms with Crippen LogP contribution in [0.5, 0.6) is 0 Å². The molecule has 0 aliphatic heterocycles. The molecule has 0 spiro atoms. The molecule has 0 N–H and O–H groups in total. The lowest BCUT2D eigenvalue weighted by atomic mass is 10.0. The zero-order valence-corrected chi connectivity index (χ0v) is 10.5. The molecule has 1 heterocycles. The van der Waals surface area contributed by atoms with Crippen LogP contribution in [0, 0.1) is 5.92 Å². The number of aromatic nitrogens is 1. The highest BCUT2D eigenvalue weighted by Crippen LogP contribution is 2.37. The molecule has 0 saturated heterocycles. The van der Waals surface area contributed by atoms with Gasteiger partial charge in [-0.25, -0.2) is 0 Å². The van der Waals surface area contributed by atoms with E-state index in [1.54, 1.807) is 0 Å². The van der Waals surface area contributed by atoms with Crippen LogP contribution in [0.4, 0.5) is 0 Å². The Hall–Kier alpha value is -1.08. The number of aryl methyl sites for hydroxylation is 1. The van der Waals surface area contributed by atoms with Crippen LogP contribution in [-0.4, -0.2) is 10.4 Å². The molecule has 17 heavy (non-hydrogen) atoms. The molecule has 1 aliphatic carbocycles. The van der Waals surface area contributed by atoms with E-state index >= 15 is 0 Å². The molecule has 0 radical (unpaired) electrons. The van der Waals surface area contributed by atoms with E-state index in [-0.39, 0.29) is 0 Å². The van der Waals surface area contributed by atoms with Gasteiger partial charge in [-0.1, -0.05) is 18.2 Å². The van der Waals surface area contributed by atoms with E-state index < -0.39 is 0 Å². The second kappa shape index (κ2) is 4.66. The molecule has 88 valence electrons. The largest absolute Gasteiger partial charge is 0.264 e. The molecule has 3 rings (SSSR count). The van der Waals surface area contributed by atoms with Crippen molar-refractivity contribution in [3.63, 3.8) is 0 Å². The van der Waals surface area contributed by atoms with E-state index in [9.17, 15) is 0 Å². The Morgan fingerprint density at radius 1 is 1.29 bits per heavy atom. The third-order valence-electron chi connectivity index (χ3n) is 3.59. The minimum absolute atomic E-state index is 0.368. The maximum Gasteiger partial charge on any atom is 0.0367 e. The topological polar surface area (TPSA) is 12.9 Å². The van der Waals surface area contributed by atoms with Crippen molar-refractivity contribution in [2.24, 2.45) is 5.92 Å². The Morgan fingerprint density at radius 3 is 3.00 bits per heavy atom. The van der Waals surface area contributed by atoms with Crippen LogP contribution in [0.3, 0.4) is 0 Å². The van der Waals surface area contributed by atoms with Gasteiger partial charge in [0.2, 0.25) is 0 Å². The first-order valence-corrected chi connectivity index (χ1v) is 6.74. The summed E-state index contributed by atoms with van der Waals surface area (Å²) in [5.41, 5.74) is 1.40. The van der Waals surface area contributed by atoms with Gasteiger partial charge in [-0.15, -0.1) is 11.6 Å². The lowest BCUT2D eigenvalue weighted by molar-refractivity contribution is 0.678. The van der Waals surface area contributed by atoms with Crippen molar-refractivity contribution in [2.75, 3.05) is 0 Å². The normalized spacial score (nSPS) is 17.2. The number of nitrogens with zero attached hydrogens (tertiary/aromatic N) is 1. The monoisotopic (exact) mass is 245 g/mol. The molecule has 1 atom stereocenters. The predicted octanol–water partition coefficient (Wildman–Crippen LogP) is 4.18. The summed E-state index contributed by atoms with van der Waals surface area (Å²) in [6, 6.07) is 8.54. The van der Waals surface area contributed by atoms with Gasteiger partial charge in [0.15, 0.2) is 0 Å². The molecular weight excluding hydrogens is 230 g/mol. The number of alkyl halides is 1. The summed E-state index contributed by atoms with van der Waals surface area (Å²) in [5, 5.41) is 2.91. The van der Waals surface area contributed by atoms with Crippen LogP contribution in [0.25, 0.3) is 10.8 Å². The Morgan fingerprint density at radius 2 is 2.18 bits per heavy atom. The van der Waals surface area contributed by atoms with E-state index in [1.165, 1.54) is 29.2 Å². The molecule has 0 bridgehead atoms. The molecular formula is C15H16ClN. The summed E-state index contributed by atoms with van der Waals surface area (Å²) >= 11 is 6.37. The number of halogens is 1. The highest BCUT2D eigenvalue weighted by atomic mass is 35.5. The number of pyridine rings is 1. The third-order valence-corrected chi connectivity index (χ3v) is 4.17. The number of rotatable bonds is 4. The first-order chi connectivity index (χ1) is 8.34. The van der Waals surface area contributed by atoms with Crippen molar-refractivity contribution in [2.45, 2.75) is 31.1 Å². The Kier molecular flexibility index (Phi) is 3.02. The fraction of sp³-hybridized carbons (Fsp3) is 0.400. The molecule has 1 nitrogen and oxygen atoms in total. The van der Waals surface area contributed by atoms with Gasteiger partial charge in [0.25, 0.3) is 0 Å². The first-order valence-electron chi connectivity index (χ1n) is 6.30. The maximum atomic E-state index is 6.37. The Bertz CT molecular complexity index is 514. The molecule has 2 aromatic rings. The van der Waals surface area contributed by atoms with Gasteiger partial charge < -0.3 is 0 Å². The van der Waals surface area contributed by atoms with Crippen molar-refractivity contribution in [3.05, 3.63) is 42.2 Å². The molecule has 2 heteroatoms. The quantitative estimate of drug-likeness (QED) is 0.737. The van der Waals surface area contributed by atoms with Crippen LogP contribution in [-0.2, 0) is 6.42 Å². The Labute approximate surface area is 107 Å². The zero-order valence-electron chi connectivity index (χ0n) is 9.77. The average Bonchev–Trinajstić information content (AvgIpc) is 3.20. The van der Waals surface area contributed by atoms with E-state index in [0.717, 1.165) is 18.8 Å². The van der Waals surface area contributed by atoms with Gasteiger partial charge in [-0.3, -0.25) is 4.98 Å². The Balaban J connectivity index is 1.79. The second-order valence-corrected chi connectivity index (χ2v) is 5.47. The minimum Gasteiger partial charge on any atom is -0.264 e. The highest BCUT2D eigenvalue weighted by molar-refractivity contribution is 6.21. The summed E-state index contributed by atoms with van der Waals surface area (Å²) in [5.74, 6) is 0.785. The van der Waals surface area contributed by atoms with Crippen molar-refractivity contribution >= 4 is 22.4 Å². The van der Waals surface area contributed by atoms with Crippen LogP contribution < -0.4 is 0 Å². The van der Waals surface area contributed by atoms with E-state index in [1.807, 2.05) is 12.4 Å². The standard InChI is InChI=1S/C15H16ClN/c16-15(12-4-5-12)7-6-11-2-1-3-13-10-17-9-8-14(11)13/h1-3,8-10,12,15H,4-7H2. The van der Waals surface area contributed by atoms with Crippen molar-refractivity contribution in [1.82, 2.24) is 4.98 Å². The minimum atomic E-state index is 0.368. The summed E-state index contributed by atoms with van der Waals surface area (Å²) in [6.45, 7) is 0. The van der Waals surface area contributed by atoms with E-state index in [0.29, 0.717) is 5.38 Å². The molecule has 1 fully saturated rings. The summed E-state index contributed by atoms with van der Waals surface area (Å²) in [4.78, 5) is 4.16. The number of hydrogen-bond donors (Lipinski definition) is 0. The van der Waals surface area contributed by atoms with Crippen LogP contribution in [0.15, 0.2) is 36.7 Å². The lowest BCUT2D eigenvalue weighted by Gasteiger charge is -2.09. The third kappa shape index (κ3) is 2.44. The number of fused-ring (bicyclic) bond motifs is 1. The van der Waals surface area contributed by atoms with Crippen LogP contribution in [0.1, 0.15) is 24.8 Å². The van der Waals surface area contributed by atoms with Gasteiger partial charge >= 0.3 is 0 Å². The van der Waals surface area contributed by atoms with Gasteiger partial charge in [0.05, 0.1) is 0 Å². The molecule has 0 amide bonds. The van der Waals surface area contributed by atoms with Gasteiger partial charge in [-0.2, -0.15) is 0 Å². The molecule has 1 aromatic heterocycles. The second-order valence-electron chi connectivity index (χ2n) is 4.91. The molecule has 1 aromatic carbocycles. The summed E-state index contributed by atoms with van der Waals surface area (Å²) in [6.07, 6.45) is 8.61. The van der Waals surface area contributed by atoms with E-state index in [2.05, 4.69) is 29.2 Å². The molecule has 1 aliphatic rings. The average molecular weight is 246 g/mol. The van der Waals surface area contributed by atoms with Crippen molar-refractivity contribution < 1.29 is 0 Å². The number of hydrogen-bond acceptors (Lipinski definition) is 1. The summed E-state index contributed by atoms with van der Waals surface area (Å²) in [7, 11) is 0. The van der Waals surface area contributed by atoms with Crippen molar-refractivity contribution in [3.8, 4) is 0 Å². The number of benzene rings is 1. The van der Waals surface area contributed by atoms with Crippen LogP contribution >= 0.6 is 11.6 Å². The SMILES string of the molecule is ClC(CCc1cccc2cnccc12)C1CC1. The van der Waals surface area contributed by atoms with Gasteiger partial charge in [0.1, 0.15) is 0 Å². The zero-order chi connectivity index (χ0) is 11.7. The smallest absolute Gasteiger partial charge is 0.0367 e. The highest BCUT2D eigenvalue weighted by Gasteiger charge is 2.29. The predicted molar refractivity (Wildman–Crippen MR) is 72.4 cm³/mol. The fourth-order valence-electron chi connectivity index (χ4n) is 2.39. The van der Waals surface area contributed by atoms with E-state index in [4.69, 9.17) is 11.6 Å². The van der Waals surface area contributed by atoms with Crippen LogP contribution in [0.2, 0.25) is 0 Å². The fourth-order valence-corrected chi connectivity index (χ4v) is 2.76. The van der Waals surface area contributed by atoms with Crippen molar-refractivity contribution in [1.29, 1.82) is 0 Å². The molecule has 1 saturated carbocycles. The lowest BCUT2D eigenvalue weighted by Crippen LogP contribution is -2.03. The van der Waals surface area contributed by atoms with Gasteiger partial charge in [0, 0.05) is 23.2 Å². The van der Waals surface area contributed by atoms with Gasteiger partial charge in [-0.05, 0) is 48.6 Å². The maximum absolute atomic E-state index is 6.37. The first kappa shape index (κ1) is 11.0. The molecule has 1 unspecified atom stereocenters.